The van der Waals surface area contributed by atoms with Gasteiger partial charge in [-0.05, 0) is 178 Å². The number of allylic oxidation sites excluding steroid dienone is 6. The molecule has 0 saturated carbocycles. The standard InChI is InChI=1S/2C33H54N2O4SSi.C27H40N2O4S/c1-21-14-13-15-22(2)30(37)24(4)31(38)33(9,10)28(39-41(11,12)32(6,7)8)19-29(36)35-27(17-16-21)23(3)18-26-20-40-25(5)34-26;1-21-14-13-15-22(2)30(39-41(11,12)32(6,7)8)24(4)31(38)33(9,10)28(36)19-29(37)35-27(17-16-21)23(3)18-26-20-40-25(5)34-26;1-16-9-8-10-17(2)25(32)19(4)26(33)27(6,7)23(30)14-24(31)29-22(12-11-16)18(3)13-21-15-34-20(5)28-21/h13,15-16,18,20,22,24,27-28,30,37H,14,17,19H2,1-12H3,(H,35,36);13,15-16,18,20,22,24,27-28,30,36H,14,17,19H2,1-12H3,(H,35,37);8,10-11,13,15,17,19,22-23,25,30,32H,9,12,14H2,1-7H3,(H,29,31)/b2*15-13-,21-16-,23-18+;10-8-,16-11-,18-13+/t2*22-,24+,27-,28-,30-;17-,19+,22-,23-,25-/m000/s1. The van der Waals surface area contributed by atoms with Gasteiger partial charge in [-0.1, -0.05) is 196 Å². The summed E-state index contributed by atoms with van der Waals surface area (Å²) >= 11 is 4.77. The van der Waals surface area contributed by atoms with Gasteiger partial charge in [0, 0.05) is 51.1 Å². The van der Waals surface area contributed by atoms with E-state index < -0.39 is 81.2 Å². The minimum Gasteiger partial charge on any atom is -0.413 e. The topological polar surface area (TPSA) is 277 Å². The molecule has 15 atom stereocenters. The van der Waals surface area contributed by atoms with Crippen LogP contribution < -0.4 is 16.0 Å². The fraction of sp³-hybridized carbons (Fsp3) is 0.645. The van der Waals surface area contributed by atoms with Crippen molar-refractivity contribution in [3.8, 4) is 0 Å². The summed E-state index contributed by atoms with van der Waals surface area (Å²) in [5, 5.41) is 62.3. The van der Waals surface area contributed by atoms with E-state index in [2.05, 4.69) is 156 Å². The van der Waals surface area contributed by atoms with Crippen molar-refractivity contribution >= 4 is 104 Å². The van der Waals surface area contributed by atoms with Crippen LogP contribution >= 0.6 is 34.0 Å². The number of hydrogen-bond acceptors (Lipinski definition) is 18. The highest BCUT2D eigenvalue weighted by Gasteiger charge is 2.50. The Balaban J connectivity index is 0.000000368. The van der Waals surface area contributed by atoms with Crippen molar-refractivity contribution in [3.05, 3.63) is 136 Å². The number of amides is 3. The third kappa shape index (κ3) is 30.4. The van der Waals surface area contributed by atoms with Crippen LogP contribution in [0.25, 0.3) is 18.2 Å². The van der Waals surface area contributed by atoms with E-state index in [1.807, 2.05) is 136 Å². The van der Waals surface area contributed by atoms with Crippen molar-refractivity contribution in [1.82, 2.24) is 30.9 Å². The monoisotopic (exact) mass is 1690 g/mol. The van der Waals surface area contributed by atoms with Crippen molar-refractivity contribution < 1.29 is 58.0 Å². The zero-order chi connectivity index (χ0) is 88.3. The predicted octanol–water partition coefficient (Wildman–Crippen LogP) is 19.9. The van der Waals surface area contributed by atoms with E-state index in [9.17, 15) is 49.2 Å². The van der Waals surface area contributed by atoms with Gasteiger partial charge in [-0.15, -0.1) is 34.0 Å². The molecule has 6 rings (SSSR count). The Hall–Kier alpha value is -5.84. The number of aryl methyl sites for hydroxylation is 3. The first-order valence-corrected chi connectivity index (χ1v) is 50.2. The lowest BCUT2D eigenvalue weighted by atomic mass is 9.73. The number of Topliss-reactive ketones (excluding diaryl/α,β-unsaturated/α-hetero) is 3. The molecule has 3 aliphatic rings. The van der Waals surface area contributed by atoms with Crippen molar-refractivity contribution in [3.63, 3.8) is 0 Å². The molecule has 0 bridgehead atoms. The van der Waals surface area contributed by atoms with Crippen LogP contribution in [0, 0.1) is 72.5 Å². The number of aliphatic hydroxyl groups excluding tert-OH is 4. The minimum atomic E-state index is -2.35. The number of thiazole rings is 3. The van der Waals surface area contributed by atoms with E-state index in [-0.39, 0.29) is 106 Å². The van der Waals surface area contributed by atoms with Crippen LogP contribution in [0.4, 0.5) is 0 Å². The molecule has 0 aliphatic carbocycles. The molecule has 3 amide bonds. The van der Waals surface area contributed by atoms with E-state index >= 15 is 0 Å². The molecule has 3 aliphatic heterocycles. The van der Waals surface area contributed by atoms with Gasteiger partial charge in [-0.3, -0.25) is 28.8 Å². The van der Waals surface area contributed by atoms with Crippen molar-refractivity contribution in [2.45, 2.75) is 336 Å². The van der Waals surface area contributed by atoms with Crippen LogP contribution in [0.5, 0.6) is 0 Å². The number of nitrogens with zero attached hydrogens (tertiary/aromatic N) is 3. The largest absolute Gasteiger partial charge is 0.413 e. The highest BCUT2D eigenvalue weighted by atomic mass is 32.1. The Morgan fingerprint density at radius 3 is 1.03 bits per heavy atom. The summed E-state index contributed by atoms with van der Waals surface area (Å²) < 4.78 is 13.7. The number of ketones is 3. The second kappa shape index (κ2) is 44.1. The number of hydrogen-bond donors (Lipinski definition) is 7. The average Bonchev–Trinajstić information content (AvgIpc) is 1.07. The van der Waals surface area contributed by atoms with Gasteiger partial charge >= 0.3 is 0 Å². The van der Waals surface area contributed by atoms with E-state index in [0.29, 0.717) is 19.3 Å². The molecular formula is C93H148N6O12S3Si2. The van der Waals surface area contributed by atoms with Crippen LogP contribution in [-0.4, -0.2) is 142 Å². The molecule has 0 aromatic carbocycles. The minimum absolute atomic E-state index is 0.000448. The summed E-state index contributed by atoms with van der Waals surface area (Å²) in [6.07, 6.45) is 23.7. The maximum atomic E-state index is 14.0. The van der Waals surface area contributed by atoms with Crippen LogP contribution in [0.1, 0.15) is 256 Å². The number of rotatable bonds is 10. The van der Waals surface area contributed by atoms with E-state index in [4.69, 9.17) is 8.85 Å². The van der Waals surface area contributed by atoms with Crippen molar-refractivity contribution in [2.75, 3.05) is 0 Å². The first-order chi connectivity index (χ1) is 53.3. The van der Waals surface area contributed by atoms with Gasteiger partial charge in [-0.2, -0.15) is 0 Å². The highest BCUT2D eigenvalue weighted by molar-refractivity contribution is 7.10. The summed E-state index contributed by atoms with van der Waals surface area (Å²) in [5.41, 5.74) is 5.84. The van der Waals surface area contributed by atoms with Crippen LogP contribution in [0.3, 0.4) is 0 Å². The zero-order valence-corrected chi connectivity index (χ0v) is 80.8. The van der Waals surface area contributed by atoms with Gasteiger partial charge in [-0.25, -0.2) is 15.0 Å². The first kappa shape index (κ1) is 103. The first-order valence-electron chi connectivity index (χ1n) is 41.7. The van der Waals surface area contributed by atoms with Crippen molar-refractivity contribution in [2.24, 2.45) is 51.8 Å². The lowest BCUT2D eigenvalue weighted by Gasteiger charge is -2.44. The van der Waals surface area contributed by atoms with Gasteiger partial charge < -0.3 is 45.2 Å². The molecule has 7 N–H and O–H groups in total. The number of nitrogens with one attached hydrogen (secondary N) is 3. The number of aromatic nitrogens is 3. The molecule has 18 nitrogen and oxygen atoms in total. The van der Waals surface area contributed by atoms with Crippen molar-refractivity contribution in [1.29, 1.82) is 0 Å². The third-order valence-corrected chi connectivity index (χ3v) is 36.1. The molecule has 0 spiro atoms. The molecule has 648 valence electrons. The lowest BCUT2D eigenvalue weighted by molar-refractivity contribution is -0.144. The molecule has 0 radical (unpaired) electrons. The fourth-order valence-corrected chi connectivity index (χ4v) is 18.5. The van der Waals surface area contributed by atoms with Gasteiger partial charge in [0.05, 0.1) is 117 Å². The number of carbonyl (C=O) groups excluding carboxylic acids is 6. The van der Waals surface area contributed by atoms with Gasteiger partial charge in [0.25, 0.3) is 0 Å². The molecule has 3 aromatic heterocycles. The summed E-state index contributed by atoms with van der Waals surface area (Å²) in [6.45, 7) is 61.7. The SMILES string of the molecule is C/C1=C/C[C@@H](/C(C)=C/c2csc(C)n2)NC(=O)C[C@H](O)C(C)(C)C(=O)[C@H](C)[C@@H](O)[C@@H](C)/C=C\C1.C/C1=C/C[C@@H](/C(C)=C/c2csc(C)n2)NC(=O)C[C@H](O)C(C)(C)C(=O)[C@H](C)[C@@H](O[Si](C)(C)C(C)(C)C)[C@@H](C)/C=C\C1.C/C1=C/C[C@@H](/C(C)=C/c2csc(C)n2)NC(=O)C[C@H](O[Si](C)(C)C(C)(C)C)C(C)(C)C(=O)[C@H](C)[C@@H](O)[C@@H](C)/C=C\C1. The number of carbonyl (C=O) groups is 6. The Bertz CT molecular complexity index is 4090. The van der Waals surface area contributed by atoms with E-state index in [0.717, 1.165) is 73.7 Å². The average molecular weight is 1690 g/mol. The number of aliphatic hydroxyl groups is 4. The van der Waals surface area contributed by atoms with Crippen LogP contribution in [-0.2, 0) is 37.6 Å². The quantitative estimate of drug-likeness (QED) is 0.0734. The Morgan fingerprint density at radius 1 is 0.448 bits per heavy atom. The lowest BCUT2D eigenvalue weighted by Crippen LogP contribution is -2.53. The van der Waals surface area contributed by atoms with Crippen LogP contribution in [0.2, 0.25) is 36.3 Å². The fourth-order valence-electron chi connectivity index (χ4n) is 13.9. The molecule has 0 saturated heterocycles. The molecule has 0 unspecified atom stereocenters. The van der Waals surface area contributed by atoms with Gasteiger partial charge in [0.1, 0.15) is 17.3 Å². The highest BCUT2D eigenvalue weighted by Crippen LogP contribution is 2.44. The summed E-state index contributed by atoms with van der Waals surface area (Å²) in [7, 11) is -4.54. The Labute approximate surface area is 712 Å². The van der Waals surface area contributed by atoms with Crippen LogP contribution in [0.15, 0.2) is 104 Å². The molecular weight excluding hydrogens is 1550 g/mol. The molecule has 23 heteroatoms. The smallest absolute Gasteiger partial charge is 0.223 e. The Kier molecular flexibility index (Phi) is 39.0. The summed E-state index contributed by atoms with van der Waals surface area (Å²) in [6, 6.07) is -0.724. The predicted molar refractivity (Wildman–Crippen MR) is 487 cm³/mol. The second-order valence-electron chi connectivity index (χ2n) is 38.2. The third-order valence-electron chi connectivity index (χ3n) is 24.8. The van der Waals surface area contributed by atoms with E-state index in [1.165, 1.54) is 11.1 Å². The molecule has 3 aromatic rings. The Morgan fingerprint density at radius 2 is 0.733 bits per heavy atom. The van der Waals surface area contributed by atoms with Gasteiger partial charge in [0.2, 0.25) is 17.7 Å². The second-order valence-corrected chi connectivity index (χ2v) is 50.9. The molecule has 6 heterocycles. The van der Waals surface area contributed by atoms with E-state index in [1.54, 1.807) is 75.6 Å². The summed E-state index contributed by atoms with van der Waals surface area (Å²) in [4.78, 5) is 94.7. The molecule has 0 fully saturated rings. The maximum absolute atomic E-state index is 14.0. The molecule has 116 heavy (non-hydrogen) atoms. The zero-order valence-electron chi connectivity index (χ0n) is 76.3. The van der Waals surface area contributed by atoms with Gasteiger partial charge in [0.15, 0.2) is 16.6 Å². The normalized spacial score (nSPS) is 30.7. The summed E-state index contributed by atoms with van der Waals surface area (Å²) in [5.74, 6) is -3.31. The maximum Gasteiger partial charge on any atom is 0.223 e.